The van der Waals surface area contributed by atoms with Crippen molar-refractivity contribution < 1.29 is 9.22 Å². The maximum Gasteiger partial charge on any atom is 0.192 e. The number of benzene rings is 1. The molecule has 1 aliphatic rings. The first kappa shape index (κ1) is 18.6. The quantitative estimate of drug-likeness (QED) is 0.581. The summed E-state index contributed by atoms with van der Waals surface area (Å²) in [6, 6.07) is 8.12. The average Bonchev–Trinajstić information content (AvgIpc) is 2.45. The summed E-state index contributed by atoms with van der Waals surface area (Å²) < 4.78 is 7.75. The Balaban J connectivity index is 2.42. The zero-order valence-corrected chi connectivity index (χ0v) is 17.3. The van der Waals surface area contributed by atoms with Crippen LogP contribution < -0.4 is 0 Å². The molecule has 0 radical (unpaired) electrons. The normalized spacial score (nSPS) is 20.6. The maximum atomic E-state index is 12.5. The number of carbonyl (C=O) groups excluding carboxylic acids is 1. The number of allylic oxidation sites excluding steroid dienone is 2. The highest BCUT2D eigenvalue weighted by Gasteiger charge is 2.42. The smallest absolute Gasteiger partial charge is 0.192 e. The molecule has 0 saturated heterocycles. The molecule has 126 valence electrons. The lowest BCUT2D eigenvalue weighted by atomic mass is 9.85. The van der Waals surface area contributed by atoms with Crippen LogP contribution in [0.1, 0.15) is 45.3 Å². The molecule has 23 heavy (non-hydrogen) atoms. The van der Waals surface area contributed by atoms with Crippen LogP contribution in [-0.4, -0.2) is 14.1 Å². The maximum absolute atomic E-state index is 12.5. The molecule has 0 saturated carbocycles. The number of hydrogen-bond acceptors (Lipinski definition) is 2. The molecule has 1 unspecified atom stereocenters. The van der Waals surface area contributed by atoms with Crippen molar-refractivity contribution in [2.24, 2.45) is 5.92 Å². The van der Waals surface area contributed by atoms with Crippen LogP contribution >= 0.6 is 15.9 Å². The Bertz CT molecular complexity index is 602. The molecule has 1 aromatic carbocycles. The van der Waals surface area contributed by atoms with Crippen LogP contribution in [0.2, 0.25) is 18.1 Å². The molecule has 0 spiro atoms. The second kappa shape index (κ2) is 7.04. The van der Waals surface area contributed by atoms with E-state index in [1.165, 1.54) is 0 Å². The van der Waals surface area contributed by atoms with Crippen LogP contribution in [0.5, 0.6) is 0 Å². The summed E-state index contributed by atoms with van der Waals surface area (Å²) in [4.78, 5) is 12.5. The van der Waals surface area contributed by atoms with E-state index in [0.717, 1.165) is 22.9 Å². The minimum Gasteiger partial charge on any atom is -0.409 e. The minimum atomic E-state index is -1.98. The summed E-state index contributed by atoms with van der Waals surface area (Å²) in [6.07, 6.45) is 5.33. The average molecular weight is 395 g/mol. The SMILES string of the molecule is CC(C)(C)[Si](C)(C)OC(c1ccccc1Br)[C@H]1CCC=CC1=O. The molecule has 0 bridgehead atoms. The standard InChI is InChI=1S/C19H27BrO2Si/c1-19(2,3)23(4,5)22-18(14-10-6-8-12-16(14)20)15-11-7-9-13-17(15)21/h6,8-10,12-13,15,18H,7,11H2,1-5H3/t15-,18?/m0/s1. The van der Waals surface area contributed by atoms with Gasteiger partial charge in [0, 0.05) is 4.47 Å². The van der Waals surface area contributed by atoms with Crippen molar-refractivity contribution in [3.05, 3.63) is 46.5 Å². The molecule has 0 amide bonds. The molecule has 2 atom stereocenters. The van der Waals surface area contributed by atoms with Crippen molar-refractivity contribution in [2.45, 2.75) is 57.8 Å². The highest BCUT2D eigenvalue weighted by atomic mass is 79.9. The van der Waals surface area contributed by atoms with Gasteiger partial charge in [0.2, 0.25) is 0 Å². The van der Waals surface area contributed by atoms with E-state index in [1.807, 2.05) is 24.3 Å². The number of carbonyl (C=O) groups is 1. The van der Waals surface area contributed by atoms with Gasteiger partial charge >= 0.3 is 0 Å². The van der Waals surface area contributed by atoms with Crippen molar-refractivity contribution in [3.63, 3.8) is 0 Å². The Morgan fingerprint density at radius 2 is 1.91 bits per heavy atom. The second-order valence-corrected chi connectivity index (χ2v) is 13.4. The third-order valence-electron chi connectivity index (χ3n) is 5.10. The van der Waals surface area contributed by atoms with Crippen LogP contribution in [0.25, 0.3) is 0 Å². The Labute approximate surface area is 149 Å². The van der Waals surface area contributed by atoms with Gasteiger partial charge in [0.15, 0.2) is 14.1 Å². The molecule has 4 heteroatoms. The van der Waals surface area contributed by atoms with Crippen LogP contribution in [0.4, 0.5) is 0 Å². The van der Waals surface area contributed by atoms with Gasteiger partial charge in [-0.25, -0.2) is 0 Å². The van der Waals surface area contributed by atoms with Crippen LogP contribution in [-0.2, 0) is 9.22 Å². The zero-order valence-electron chi connectivity index (χ0n) is 14.7. The van der Waals surface area contributed by atoms with E-state index in [9.17, 15) is 4.79 Å². The van der Waals surface area contributed by atoms with Gasteiger partial charge in [-0.05, 0) is 48.7 Å². The summed E-state index contributed by atoms with van der Waals surface area (Å²) in [5, 5.41) is 0.111. The summed E-state index contributed by atoms with van der Waals surface area (Å²) in [5.41, 5.74) is 1.09. The molecular formula is C19H27BrO2Si. The third-order valence-corrected chi connectivity index (χ3v) is 10.3. The van der Waals surface area contributed by atoms with Crippen molar-refractivity contribution in [2.75, 3.05) is 0 Å². The number of hydrogen-bond donors (Lipinski definition) is 0. The van der Waals surface area contributed by atoms with E-state index in [2.05, 4.69) is 55.9 Å². The summed E-state index contributed by atoms with van der Waals surface area (Å²) in [7, 11) is -1.98. The number of rotatable bonds is 4. The Morgan fingerprint density at radius 1 is 1.26 bits per heavy atom. The largest absolute Gasteiger partial charge is 0.409 e. The summed E-state index contributed by atoms with van der Waals surface area (Å²) >= 11 is 3.65. The van der Waals surface area contributed by atoms with E-state index in [1.54, 1.807) is 6.08 Å². The predicted octanol–water partition coefficient (Wildman–Crippen LogP) is 6.05. The van der Waals surface area contributed by atoms with Gasteiger partial charge in [-0.3, -0.25) is 4.79 Å². The molecule has 0 fully saturated rings. The summed E-state index contributed by atoms with van der Waals surface area (Å²) in [5.74, 6) is 0.100. The Morgan fingerprint density at radius 3 is 2.48 bits per heavy atom. The van der Waals surface area contributed by atoms with Crippen molar-refractivity contribution in [3.8, 4) is 0 Å². The molecule has 1 aromatic rings. The zero-order chi connectivity index (χ0) is 17.3. The minimum absolute atomic E-state index is 0.0900. The van der Waals surface area contributed by atoms with Crippen LogP contribution in [0.3, 0.4) is 0 Å². The predicted molar refractivity (Wildman–Crippen MR) is 102 cm³/mol. The van der Waals surface area contributed by atoms with Gasteiger partial charge < -0.3 is 4.43 Å². The molecular weight excluding hydrogens is 368 g/mol. The Kier molecular flexibility index (Phi) is 5.70. The molecule has 0 aromatic heterocycles. The fraction of sp³-hybridized carbons (Fsp3) is 0.526. The topological polar surface area (TPSA) is 26.3 Å². The van der Waals surface area contributed by atoms with Gasteiger partial charge in [0.1, 0.15) is 0 Å². The lowest BCUT2D eigenvalue weighted by Gasteiger charge is -2.41. The molecule has 2 nitrogen and oxygen atoms in total. The molecule has 1 aliphatic carbocycles. The number of halogens is 1. The number of ketones is 1. The first-order valence-corrected chi connectivity index (χ1v) is 12.0. The van der Waals surface area contributed by atoms with Gasteiger partial charge in [0.05, 0.1) is 12.0 Å². The molecule has 0 N–H and O–H groups in total. The van der Waals surface area contributed by atoms with E-state index < -0.39 is 8.32 Å². The third kappa shape index (κ3) is 4.23. The van der Waals surface area contributed by atoms with Crippen LogP contribution in [0.15, 0.2) is 40.9 Å². The lowest BCUT2D eigenvalue weighted by Crippen LogP contribution is -2.44. The van der Waals surface area contributed by atoms with Gasteiger partial charge in [-0.15, -0.1) is 0 Å². The van der Waals surface area contributed by atoms with E-state index in [-0.39, 0.29) is 22.8 Å². The van der Waals surface area contributed by atoms with Crippen molar-refractivity contribution in [1.29, 1.82) is 0 Å². The first-order chi connectivity index (χ1) is 10.6. The van der Waals surface area contributed by atoms with E-state index in [0.29, 0.717) is 0 Å². The van der Waals surface area contributed by atoms with Crippen molar-refractivity contribution in [1.82, 2.24) is 0 Å². The fourth-order valence-electron chi connectivity index (χ4n) is 2.60. The molecule has 2 rings (SSSR count). The second-order valence-electron chi connectivity index (χ2n) is 7.81. The highest BCUT2D eigenvalue weighted by Crippen LogP contribution is 2.44. The van der Waals surface area contributed by atoms with E-state index in [4.69, 9.17) is 4.43 Å². The molecule has 0 aliphatic heterocycles. The first-order valence-electron chi connectivity index (χ1n) is 8.26. The van der Waals surface area contributed by atoms with Crippen LogP contribution in [0, 0.1) is 5.92 Å². The highest BCUT2D eigenvalue weighted by molar-refractivity contribution is 9.10. The van der Waals surface area contributed by atoms with Gasteiger partial charge in [-0.2, -0.15) is 0 Å². The fourth-order valence-corrected chi connectivity index (χ4v) is 4.39. The van der Waals surface area contributed by atoms with Gasteiger partial charge in [-0.1, -0.05) is 61.0 Å². The van der Waals surface area contributed by atoms with E-state index >= 15 is 0 Å². The summed E-state index contributed by atoms with van der Waals surface area (Å²) in [6.45, 7) is 11.2. The monoisotopic (exact) mass is 394 g/mol. The lowest BCUT2D eigenvalue weighted by molar-refractivity contribution is -0.122. The van der Waals surface area contributed by atoms with Crippen molar-refractivity contribution >= 4 is 30.0 Å². The van der Waals surface area contributed by atoms with Gasteiger partial charge in [0.25, 0.3) is 0 Å². The molecule has 0 heterocycles. The Hall–Kier alpha value is -0.713.